The van der Waals surface area contributed by atoms with Gasteiger partial charge in [0.2, 0.25) is 0 Å². The average Bonchev–Trinajstić information content (AvgIpc) is 2.24. The van der Waals surface area contributed by atoms with Crippen LogP contribution in [0.2, 0.25) is 0 Å². The summed E-state index contributed by atoms with van der Waals surface area (Å²) in [6.45, 7) is 8.80. The van der Waals surface area contributed by atoms with E-state index in [0.717, 1.165) is 0 Å². The van der Waals surface area contributed by atoms with Gasteiger partial charge in [-0.25, -0.2) is 9.59 Å². The highest BCUT2D eigenvalue weighted by molar-refractivity contribution is 5.84. The third-order valence-electron chi connectivity index (χ3n) is 3.02. The van der Waals surface area contributed by atoms with E-state index in [0.29, 0.717) is 25.7 Å². The van der Waals surface area contributed by atoms with E-state index < -0.39 is 23.2 Å². The van der Waals surface area contributed by atoms with Crippen molar-refractivity contribution in [3.05, 3.63) is 0 Å². The quantitative estimate of drug-likeness (QED) is 0.667. The molecule has 0 aliphatic rings. The zero-order valence-corrected chi connectivity index (χ0v) is 13.2. The Hall–Kier alpha value is -1.30. The summed E-state index contributed by atoms with van der Waals surface area (Å²) in [6.07, 6.45) is 1.27. The molecule has 0 radical (unpaired) electrons. The molecule has 0 saturated carbocycles. The van der Waals surface area contributed by atoms with Gasteiger partial charge in [0.1, 0.15) is 11.1 Å². The lowest BCUT2D eigenvalue weighted by Crippen LogP contribution is -2.55. The van der Waals surface area contributed by atoms with Crippen molar-refractivity contribution >= 4 is 12.1 Å². The first-order valence-electron chi connectivity index (χ1n) is 7.02. The van der Waals surface area contributed by atoms with Crippen LogP contribution in [0.15, 0.2) is 0 Å². The Balaban J connectivity index is 4.78. The number of rotatable bonds is 7. The third-order valence-corrected chi connectivity index (χ3v) is 3.02. The van der Waals surface area contributed by atoms with E-state index in [-0.39, 0.29) is 6.04 Å². The highest BCUT2D eigenvalue weighted by atomic mass is 16.6. The van der Waals surface area contributed by atoms with Crippen LogP contribution in [-0.4, -0.2) is 34.4 Å². The van der Waals surface area contributed by atoms with Crippen LogP contribution in [-0.2, 0) is 9.53 Å². The lowest BCUT2D eigenvalue weighted by atomic mass is 9.89. The van der Waals surface area contributed by atoms with Crippen molar-refractivity contribution in [2.75, 3.05) is 0 Å². The van der Waals surface area contributed by atoms with E-state index in [4.69, 9.17) is 10.5 Å². The molecular weight excluding hydrogens is 260 g/mol. The fourth-order valence-corrected chi connectivity index (χ4v) is 1.86. The van der Waals surface area contributed by atoms with Gasteiger partial charge in [-0.05, 0) is 53.4 Å². The maximum absolute atomic E-state index is 11.8. The number of carboxylic acid groups (broad SMARTS) is 1. The summed E-state index contributed by atoms with van der Waals surface area (Å²) in [5, 5.41) is 11.9. The minimum absolute atomic E-state index is 0.0138. The minimum atomic E-state index is -1.29. The van der Waals surface area contributed by atoms with E-state index in [1.807, 2.05) is 6.92 Å². The van der Waals surface area contributed by atoms with E-state index >= 15 is 0 Å². The summed E-state index contributed by atoms with van der Waals surface area (Å²) in [5.41, 5.74) is 3.71. The van der Waals surface area contributed by atoms with E-state index in [2.05, 4.69) is 5.32 Å². The molecule has 6 heteroatoms. The van der Waals surface area contributed by atoms with Gasteiger partial charge in [-0.15, -0.1) is 0 Å². The van der Waals surface area contributed by atoms with Gasteiger partial charge in [0.05, 0.1) is 0 Å². The maximum atomic E-state index is 11.8. The molecule has 0 unspecified atom stereocenters. The summed E-state index contributed by atoms with van der Waals surface area (Å²) in [5.74, 6) is -1.05. The van der Waals surface area contributed by atoms with Crippen LogP contribution in [0.4, 0.5) is 4.79 Å². The van der Waals surface area contributed by atoms with Crippen LogP contribution in [0, 0.1) is 0 Å². The van der Waals surface area contributed by atoms with Crippen molar-refractivity contribution in [2.24, 2.45) is 5.73 Å². The van der Waals surface area contributed by atoms with Crippen LogP contribution >= 0.6 is 0 Å². The van der Waals surface area contributed by atoms with Gasteiger partial charge in [0.15, 0.2) is 0 Å². The fourth-order valence-electron chi connectivity index (χ4n) is 1.86. The second-order valence-electron chi connectivity index (χ2n) is 6.24. The van der Waals surface area contributed by atoms with Gasteiger partial charge in [-0.2, -0.15) is 0 Å². The van der Waals surface area contributed by atoms with E-state index in [1.165, 1.54) is 0 Å². The number of aliphatic carboxylic acids is 1. The molecule has 0 heterocycles. The number of carboxylic acids is 1. The van der Waals surface area contributed by atoms with Crippen molar-refractivity contribution in [2.45, 2.75) is 77.5 Å². The van der Waals surface area contributed by atoms with Gasteiger partial charge in [-0.3, -0.25) is 0 Å². The van der Waals surface area contributed by atoms with Gasteiger partial charge in [-0.1, -0.05) is 6.92 Å². The number of ether oxygens (including phenoxy) is 1. The second-order valence-corrected chi connectivity index (χ2v) is 6.24. The lowest BCUT2D eigenvalue weighted by Gasteiger charge is -2.31. The maximum Gasteiger partial charge on any atom is 0.408 e. The summed E-state index contributed by atoms with van der Waals surface area (Å²) in [6, 6.07) is 0.0138. The topological polar surface area (TPSA) is 102 Å². The molecule has 2 atom stereocenters. The first-order chi connectivity index (χ1) is 9.02. The Morgan fingerprint density at radius 1 is 1.35 bits per heavy atom. The van der Waals surface area contributed by atoms with E-state index in [1.54, 1.807) is 27.7 Å². The first-order valence-corrected chi connectivity index (χ1v) is 7.02. The monoisotopic (exact) mass is 288 g/mol. The molecule has 0 bridgehead atoms. The van der Waals surface area contributed by atoms with Gasteiger partial charge < -0.3 is 20.9 Å². The van der Waals surface area contributed by atoms with Gasteiger partial charge in [0, 0.05) is 6.04 Å². The minimum Gasteiger partial charge on any atom is -0.480 e. The Morgan fingerprint density at radius 2 is 1.90 bits per heavy atom. The summed E-state index contributed by atoms with van der Waals surface area (Å²) >= 11 is 0. The smallest absolute Gasteiger partial charge is 0.408 e. The number of hydrogen-bond acceptors (Lipinski definition) is 4. The van der Waals surface area contributed by atoms with Gasteiger partial charge >= 0.3 is 12.1 Å². The largest absolute Gasteiger partial charge is 0.480 e. The van der Waals surface area contributed by atoms with Gasteiger partial charge in [0.25, 0.3) is 0 Å². The third kappa shape index (κ3) is 6.75. The van der Waals surface area contributed by atoms with Crippen molar-refractivity contribution < 1.29 is 19.4 Å². The molecule has 0 aliphatic carbocycles. The SMILES string of the molecule is CC[C@@](CCC[C@H](C)N)(NC(=O)OC(C)(C)C)C(=O)O. The Morgan fingerprint density at radius 3 is 2.25 bits per heavy atom. The molecule has 4 N–H and O–H groups in total. The Kier molecular flexibility index (Phi) is 6.99. The zero-order chi connectivity index (χ0) is 16.0. The van der Waals surface area contributed by atoms with Crippen LogP contribution in [0.25, 0.3) is 0 Å². The van der Waals surface area contributed by atoms with Crippen LogP contribution < -0.4 is 11.1 Å². The Bertz CT molecular complexity index is 337. The van der Waals surface area contributed by atoms with Crippen LogP contribution in [0.3, 0.4) is 0 Å². The van der Waals surface area contributed by atoms with E-state index in [9.17, 15) is 14.7 Å². The van der Waals surface area contributed by atoms with Crippen molar-refractivity contribution in [3.63, 3.8) is 0 Å². The Labute approximate surface area is 121 Å². The lowest BCUT2D eigenvalue weighted by molar-refractivity contribution is -0.145. The molecule has 6 nitrogen and oxygen atoms in total. The van der Waals surface area contributed by atoms with Crippen molar-refractivity contribution in [1.82, 2.24) is 5.32 Å². The molecule has 0 aliphatic heterocycles. The molecule has 0 aromatic heterocycles. The molecule has 1 amide bonds. The highest BCUT2D eigenvalue weighted by Gasteiger charge is 2.39. The number of amides is 1. The average molecular weight is 288 g/mol. The van der Waals surface area contributed by atoms with Crippen LogP contribution in [0.5, 0.6) is 0 Å². The second kappa shape index (κ2) is 7.47. The predicted octanol–water partition coefficient (Wildman–Crippen LogP) is 2.26. The molecule has 20 heavy (non-hydrogen) atoms. The van der Waals surface area contributed by atoms with Crippen LogP contribution in [0.1, 0.15) is 60.3 Å². The normalized spacial score (nSPS) is 16.1. The fraction of sp³-hybridized carbons (Fsp3) is 0.857. The number of nitrogens with one attached hydrogen (secondary N) is 1. The molecular formula is C14H28N2O4. The molecule has 0 spiro atoms. The summed E-state index contributed by atoms with van der Waals surface area (Å²) in [4.78, 5) is 23.3. The zero-order valence-electron chi connectivity index (χ0n) is 13.2. The molecule has 0 rings (SSSR count). The van der Waals surface area contributed by atoms with Crippen molar-refractivity contribution in [1.29, 1.82) is 0 Å². The highest BCUT2D eigenvalue weighted by Crippen LogP contribution is 2.21. The molecule has 118 valence electrons. The molecule has 0 aromatic carbocycles. The molecule has 0 fully saturated rings. The standard InChI is InChI=1S/C14H28N2O4/c1-6-14(11(17)18,9-7-8-10(2)15)16-12(19)20-13(3,4)5/h10H,6-9,15H2,1-5H3,(H,16,19)(H,17,18)/t10-,14-/m0/s1. The molecule has 0 aromatic rings. The summed E-state index contributed by atoms with van der Waals surface area (Å²) < 4.78 is 5.13. The molecule has 0 saturated heterocycles. The number of carbonyl (C=O) groups excluding carboxylic acids is 1. The summed E-state index contributed by atoms with van der Waals surface area (Å²) in [7, 11) is 0. The number of alkyl carbamates (subject to hydrolysis) is 1. The number of carbonyl (C=O) groups is 2. The number of nitrogens with two attached hydrogens (primary N) is 1. The van der Waals surface area contributed by atoms with Crippen molar-refractivity contribution in [3.8, 4) is 0 Å². The number of hydrogen-bond donors (Lipinski definition) is 3. The predicted molar refractivity (Wildman–Crippen MR) is 77.5 cm³/mol. The first kappa shape index (κ1) is 18.7.